The van der Waals surface area contributed by atoms with Gasteiger partial charge in [-0.3, -0.25) is 4.79 Å². The second kappa shape index (κ2) is 7.99. The summed E-state index contributed by atoms with van der Waals surface area (Å²) in [6, 6.07) is 5.64. The molecular weight excluding hydrogens is 290 g/mol. The Balaban J connectivity index is 2.65. The lowest BCUT2D eigenvalue weighted by Crippen LogP contribution is -2.34. The fourth-order valence-electron chi connectivity index (χ4n) is 1.77. The summed E-state index contributed by atoms with van der Waals surface area (Å²) in [5, 5.41) is 5.92. The van der Waals surface area contributed by atoms with Crippen LogP contribution in [0.3, 0.4) is 0 Å². The molecule has 7 heteroatoms. The predicted molar refractivity (Wildman–Crippen MR) is 85.1 cm³/mol. The molecule has 0 heterocycles. The Morgan fingerprint density at radius 1 is 1.19 bits per heavy atom. The van der Waals surface area contributed by atoms with E-state index in [0.717, 1.165) is 30.5 Å². The number of hydrogen-bond acceptors (Lipinski definition) is 4. The van der Waals surface area contributed by atoms with Gasteiger partial charge in [0.1, 0.15) is 0 Å². The molecule has 1 aromatic rings. The van der Waals surface area contributed by atoms with Gasteiger partial charge in [0.25, 0.3) is 5.91 Å². The van der Waals surface area contributed by atoms with Gasteiger partial charge in [0, 0.05) is 25.3 Å². The Kier molecular flexibility index (Phi) is 6.64. The summed E-state index contributed by atoms with van der Waals surface area (Å²) in [5.41, 5.74) is 2.36. The van der Waals surface area contributed by atoms with E-state index in [1.807, 2.05) is 25.1 Å². The Hall–Kier alpha value is -1.60. The minimum absolute atomic E-state index is 0.175. The van der Waals surface area contributed by atoms with E-state index in [4.69, 9.17) is 0 Å². The number of aryl methyl sites for hydroxylation is 1. The van der Waals surface area contributed by atoms with Crippen molar-refractivity contribution in [1.29, 1.82) is 0 Å². The molecule has 0 saturated heterocycles. The number of benzene rings is 1. The van der Waals surface area contributed by atoms with Crippen LogP contribution in [0.15, 0.2) is 18.2 Å². The lowest BCUT2D eigenvalue weighted by atomic mass is 10.1. The van der Waals surface area contributed by atoms with Crippen LogP contribution < -0.4 is 15.4 Å². The van der Waals surface area contributed by atoms with Crippen molar-refractivity contribution in [1.82, 2.24) is 10.0 Å². The average Bonchev–Trinajstić information content (AvgIpc) is 2.41. The van der Waals surface area contributed by atoms with Gasteiger partial charge in [-0.25, -0.2) is 13.1 Å². The highest BCUT2D eigenvalue weighted by atomic mass is 32.2. The molecule has 0 aromatic heterocycles. The lowest BCUT2D eigenvalue weighted by Gasteiger charge is -2.12. The highest BCUT2D eigenvalue weighted by Crippen LogP contribution is 2.17. The summed E-state index contributed by atoms with van der Waals surface area (Å²) < 4.78 is 24.2. The van der Waals surface area contributed by atoms with Crippen molar-refractivity contribution in [3.8, 4) is 0 Å². The SMILES string of the molecule is CCCNc1ccc(C)cc1C(=O)NCCNS(C)(=O)=O. The van der Waals surface area contributed by atoms with E-state index < -0.39 is 10.0 Å². The predicted octanol–water partition coefficient (Wildman–Crippen LogP) is 1.10. The van der Waals surface area contributed by atoms with Crippen LogP contribution in [-0.2, 0) is 10.0 Å². The van der Waals surface area contributed by atoms with Crippen molar-refractivity contribution in [2.24, 2.45) is 0 Å². The zero-order chi connectivity index (χ0) is 15.9. The molecule has 1 rings (SSSR count). The zero-order valence-electron chi connectivity index (χ0n) is 12.7. The summed E-state index contributed by atoms with van der Waals surface area (Å²) in [6.07, 6.45) is 2.05. The second-order valence-corrected chi connectivity index (χ2v) is 6.73. The van der Waals surface area contributed by atoms with Gasteiger partial charge >= 0.3 is 0 Å². The lowest BCUT2D eigenvalue weighted by molar-refractivity contribution is 0.0955. The molecule has 0 unspecified atom stereocenters. The number of amides is 1. The van der Waals surface area contributed by atoms with Crippen LogP contribution in [0.25, 0.3) is 0 Å². The van der Waals surface area contributed by atoms with Gasteiger partial charge in [0.15, 0.2) is 0 Å². The van der Waals surface area contributed by atoms with Gasteiger partial charge < -0.3 is 10.6 Å². The van der Waals surface area contributed by atoms with Gasteiger partial charge in [-0.05, 0) is 25.5 Å². The maximum absolute atomic E-state index is 12.2. The third-order valence-electron chi connectivity index (χ3n) is 2.76. The Bertz CT molecular complexity index is 585. The van der Waals surface area contributed by atoms with Crippen LogP contribution in [0, 0.1) is 6.92 Å². The molecule has 3 N–H and O–H groups in total. The van der Waals surface area contributed by atoms with E-state index in [-0.39, 0.29) is 19.0 Å². The molecule has 0 atom stereocenters. The fourth-order valence-corrected chi connectivity index (χ4v) is 2.24. The van der Waals surface area contributed by atoms with Crippen molar-refractivity contribution in [2.75, 3.05) is 31.2 Å². The first-order valence-electron chi connectivity index (χ1n) is 6.91. The number of nitrogens with one attached hydrogen (secondary N) is 3. The van der Waals surface area contributed by atoms with Crippen molar-refractivity contribution < 1.29 is 13.2 Å². The molecule has 0 radical (unpaired) electrons. The van der Waals surface area contributed by atoms with Crippen molar-refractivity contribution in [3.63, 3.8) is 0 Å². The molecule has 0 fully saturated rings. The van der Waals surface area contributed by atoms with Gasteiger partial charge in [-0.1, -0.05) is 18.6 Å². The van der Waals surface area contributed by atoms with Crippen LogP contribution >= 0.6 is 0 Å². The smallest absolute Gasteiger partial charge is 0.253 e. The molecule has 0 saturated carbocycles. The molecule has 1 aromatic carbocycles. The van der Waals surface area contributed by atoms with E-state index in [0.29, 0.717) is 5.56 Å². The largest absolute Gasteiger partial charge is 0.384 e. The Morgan fingerprint density at radius 2 is 1.90 bits per heavy atom. The average molecular weight is 313 g/mol. The molecule has 0 aliphatic heterocycles. The molecular formula is C14H23N3O3S. The molecule has 21 heavy (non-hydrogen) atoms. The first-order chi connectivity index (χ1) is 9.83. The van der Waals surface area contributed by atoms with Crippen LogP contribution in [-0.4, -0.2) is 40.2 Å². The van der Waals surface area contributed by atoms with Crippen molar-refractivity contribution in [3.05, 3.63) is 29.3 Å². The summed E-state index contributed by atoms with van der Waals surface area (Å²) >= 11 is 0. The van der Waals surface area contributed by atoms with Gasteiger partial charge in [0.2, 0.25) is 10.0 Å². The number of hydrogen-bond donors (Lipinski definition) is 3. The van der Waals surface area contributed by atoms with E-state index in [2.05, 4.69) is 22.3 Å². The molecule has 118 valence electrons. The minimum Gasteiger partial charge on any atom is -0.384 e. The van der Waals surface area contributed by atoms with Crippen LogP contribution in [0.2, 0.25) is 0 Å². The van der Waals surface area contributed by atoms with E-state index >= 15 is 0 Å². The van der Waals surface area contributed by atoms with E-state index in [9.17, 15) is 13.2 Å². The van der Waals surface area contributed by atoms with Crippen LogP contribution in [0.1, 0.15) is 29.3 Å². The molecule has 0 aliphatic carbocycles. The Labute approximate surface area is 126 Å². The molecule has 0 spiro atoms. The highest BCUT2D eigenvalue weighted by Gasteiger charge is 2.11. The third-order valence-corrected chi connectivity index (χ3v) is 3.49. The molecule has 0 aliphatic rings. The number of anilines is 1. The summed E-state index contributed by atoms with van der Waals surface area (Å²) in [7, 11) is -3.23. The van der Waals surface area contributed by atoms with Crippen molar-refractivity contribution >= 4 is 21.6 Å². The summed E-state index contributed by atoms with van der Waals surface area (Å²) in [6.45, 7) is 5.18. The molecule has 0 bridgehead atoms. The van der Waals surface area contributed by atoms with Crippen LogP contribution in [0.4, 0.5) is 5.69 Å². The maximum Gasteiger partial charge on any atom is 0.253 e. The molecule has 1 amide bonds. The number of carbonyl (C=O) groups excluding carboxylic acids is 1. The quantitative estimate of drug-likeness (QED) is 0.627. The summed E-state index contributed by atoms with van der Waals surface area (Å²) in [5.74, 6) is -0.215. The van der Waals surface area contributed by atoms with Gasteiger partial charge in [-0.2, -0.15) is 0 Å². The first kappa shape index (κ1) is 17.5. The maximum atomic E-state index is 12.2. The fraction of sp³-hybridized carbons (Fsp3) is 0.500. The number of carbonyl (C=O) groups is 1. The van der Waals surface area contributed by atoms with Crippen molar-refractivity contribution in [2.45, 2.75) is 20.3 Å². The molecule has 6 nitrogen and oxygen atoms in total. The standard InChI is InChI=1S/C14H23N3O3S/c1-4-7-15-13-6-5-11(2)10-12(13)14(18)16-8-9-17-21(3,19)20/h5-6,10,15,17H,4,7-9H2,1-3H3,(H,16,18). The highest BCUT2D eigenvalue weighted by molar-refractivity contribution is 7.88. The van der Waals surface area contributed by atoms with Gasteiger partial charge in [-0.15, -0.1) is 0 Å². The van der Waals surface area contributed by atoms with Crippen LogP contribution in [0.5, 0.6) is 0 Å². The zero-order valence-corrected chi connectivity index (χ0v) is 13.5. The minimum atomic E-state index is -3.23. The van der Waals surface area contributed by atoms with E-state index in [1.165, 1.54) is 0 Å². The summed E-state index contributed by atoms with van der Waals surface area (Å²) in [4.78, 5) is 12.2. The third kappa shape index (κ3) is 6.59. The normalized spacial score (nSPS) is 11.2. The number of sulfonamides is 1. The number of rotatable bonds is 8. The Morgan fingerprint density at radius 3 is 2.52 bits per heavy atom. The monoisotopic (exact) mass is 313 g/mol. The van der Waals surface area contributed by atoms with Gasteiger partial charge in [0.05, 0.1) is 11.8 Å². The first-order valence-corrected chi connectivity index (χ1v) is 8.80. The topological polar surface area (TPSA) is 87.3 Å². The van der Waals surface area contributed by atoms with E-state index in [1.54, 1.807) is 0 Å². The second-order valence-electron chi connectivity index (χ2n) is 4.90.